The number of rotatable bonds is 4. The highest BCUT2D eigenvalue weighted by molar-refractivity contribution is 6.34. The van der Waals surface area contributed by atoms with Crippen molar-refractivity contribution >= 4 is 23.5 Å². The zero-order valence-corrected chi connectivity index (χ0v) is 15.5. The summed E-state index contributed by atoms with van der Waals surface area (Å²) in [5.74, 6) is -2.15. The van der Waals surface area contributed by atoms with Crippen LogP contribution in [0.3, 0.4) is 0 Å². The molecule has 5 nitrogen and oxygen atoms in total. The van der Waals surface area contributed by atoms with Gasteiger partial charge in [-0.1, -0.05) is 30.3 Å². The Kier molecular flexibility index (Phi) is 4.68. The van der Waals surface area contributed by atoms with Crippen LogP contribution in [-0.4, -0.2) is 17.8 Å². The molecule has 0 unspecified atom stereocenters. The summed E-state index contributed by atoms with van der Waals surface area (Å²) in [5.41, 5.74) is 1.58. The van der Waals surface area contributed by atoms with E-state index in [0.29, 0.717) is 0 Å². The lowest BCUT2D eigenvalue weighted by Gasteiger charge is -2.14. The second kappa shape index (κ2) is 7.31. The lowest BCUT2D eigenvalue weighted by Crippen LogP contribution is -2.29. The van der Waals surface area contributed by atoms with Crippen molar-refractivity contribution in [2.75, 3.05) is 4.90 Å². The van der Waals surface area contributed by atoms with Crippen LogP contribution in [0.4, 0.5) is 10.1 Å². The van der Waals surface area contributed by atoms with Gasteiger partial charge in [-0.25, -0.2) is 14.1 Å². The number of amides is 2. The first kappa shape index (κ1) is 18.6. The first-order chi connectivity index (χ1) is 14.0. The normalized spacial score (nSPS) is 13.9. The quantitative estimate of drug-likeness (QED) is 0.485. The molecule has 4 rings (SSSR count). The number of esters is 1. The number of carbonyl (C=O) groups is 3. The van der Waals surface area contributed by atoms with E-state index in [0.717, 1.165) is 10.5 Å². The zero-order valence-electron chi connectivity index (χ0n) is 15.5. The van der Waals surface area contributed by atoms with Crippen molar-refractivity contribution in [3.63, 3.8) is 0 Å². The maximum absolute atomic E-state index is 13.2. The number of fused-ring (bicyclic) bond motifs is 1. The molecule has 1 aliphatic heterocycles. The number of hydrogen-bond acceptors (Lipinski definition) is 4. The van der Waals surface area contributed by atoms with Crippen molar-refractivity contribution < 1.29 is 23.5 Å². The van der Waals surface area contributed by atoms with Gasteiger partial charge in [0.15, 0.2) is 0 Å². The molecule has 1 atom stereocenters. The predicted octanol–water partition coefficient (Wildman–Crippen LogP) is 4.54. The van der Waals surface area contributed by atoms with Crippen molar-refractivity contribution in [3.8, 4) is 0 Å². The maximum Gasteiger partial charge on any atom is 0.338 e. The van der Waals surface area contributed by atoms with E-state index < -0.39 is 29.7 Å². The molecule has 29 heavy (non-hydrogen) atoms. The summed E-state index contributed by atoms with van der Waals surface area (Å²) in [4.78, 5) is 38.9. The summed E-state index contributed by atoms with van der Waals surface area (Å²) in [6, 6.07) is 18.6. The molecule has 6 heteroatoms. The van der Waals surface area contributed by atoms with E-state index in [1.54, 1.807) is 6.92 Å². The molecular weight excluding hydrogens is 373 g/mol. The summed E-state index contributed by atoms with van der Waals surface area (Å²) in [6.07, 6.45) is -0.468. The molecule has 1 aliphatic rings. The van der Waals surface area contributed by atoms with Crippen molar-refractivity contribution in [1.29, 1.82) is 0 Å². The number of carbonyl (C=O) groups excluding carboxylic acids is 3. The van der Waals surface area contributed by atoms with Gasteiger partial charge in [0.05, 0.1) is 22.4 Å². The predicted molar refractivity (Wildman–Crippen MR) is 104 cm³/mol. The van der Waals surface area contributed by atoms with E-state index in [-0.39, 0.29) is 22.4 Å². The molecule has 0 spiro atoms. The Morgan fingerprint density at radius 1 is 0.897 bits per heavy atom. The number of benzene rings is 3. The smallest absolute Gasteiger partial charge is 0.338 e. The van der Waals surface area contributed by atoms with Crippen LogP contribution in [-0.2, 0) is 4.74 Å². The van der Waals surface area contributed by atoms with Crippen LogP contribution in [0.5, 0.6) is 0 Å². The van der Waals surface area contributed by atoms with E-state index in [9.17, 15) is 18.8 Å². The average Bonchev–Trinajstić information content (AvgIpc) is 2.99. The molecule has 144 valence electrons. The number of hydrogen-bond donors (Lipinski definition) is 0. The van der Waals surface area contributed by atoms with Crippen LogP contribution in [0.25, 0.3) is 0 Å². The third-order valence-corrected chi connectivity index (χ3v) is 4.76. The fourth-order valence-corrected chi connectivity index (χ4v) is 3.21. The van der Waals surface area contributed by atoms with E-state index in [1.165, 1.54) is 42.5 Å². The Balaban J connectivity index is 1.58. The van der Waals surface area contributed by atoms with Crippen LogP contribution < -0.4 is 4.90 Å². The van der Waals surface area contributed by atoms with Crippen LogP contribution in [0.15, 0.2) is 72.8 Å². The molecule has 0 saturated carbocycles. The fraction of sp³-hybridized carbons (Fsp3) is 0.0870. The molecule has 0 radical (unpaired) electrons. The highest BCUT2D eigenvalue weighted by Crippen LogP contribution is 2.30. The van der Waals surface area contributed by atoms with Crippen LogP contribution in [0.2, 0.25) is 0 Å². The summed E-state index contributed by atoms with van der Waals surface area (Å²) < 4.78 is 18.6. The van der Waals surface area contributed by atoms with Gasteiger partial charge >= 0.3 is 5.97 Å². The Morgan fingerprint density at radius 3 is 2.24 bits per heavy atom. The van der Waals surface area contributed by atoms with Crippen molar-refractivity contribution in [1.82, 2.24) is 0 Å². The molecule has 3 aromatic rings. The van der Waals surface area contributed by atoms with E-state index >= 15 is 0 Å². The number of imide groups is 1. The largest absolute Gasteiger partial charge is 0.454 e. The molecule has 0 aliphatic carbocycles. The van der Waals surface area contributed by atoms with Crippen molar-refractivity contribution in [2.45, 2.75) is 13.0 Å². The second-order valence-corrected chi connectivity index (χ2v) is 6.64. The van der Waals surface area contributed by atoms with Gasteiger partial charge in [0.2, 0.25) is 0 Å². The first-order valence-corrected chi connectivity index (χ1v) is 9.00. The van der Waals surface area contributed by atoms with Crippen molar-refractivity contribution in [3.05, 3.63) is 101 Å². The summed E-state index contributed by atoms with van der Waals surface area (Å²) in [5, 5.41) is 0. The Morgan fingerprint density at radius 2 is 1.55 bits per heavy atom. The lowest BCUT2D eigenvalue weighted by atomic mass is 10.1. The van der Waals surface area contributed by atoms with Crippen LogP contribution in [0, 0.1) is 5.82 Å². The minimum absolute atomic E-state index is 0.112. The Hall–Kier alpha value is -3.80. The van der Waals surface area contributed by atoms with Crippen LogP contribution in [0.1, 0.15) is 49.7 Å². The van der Waals surface area contributed by atoms with Gasteiger partial charge in [0.25, 0.3) is 11.8 Å². The van der Waals surface area contributed by atoms with Gasteiger partial charge in [-0.2, -0.15) is 0 Å². The molecule has 1 heterocycles. The molecule has 0 bridgehead atoms. The summed E-state index contributed by atoms with van der Waals surface area (Å²) in [7, 11) is 0. The SMILES string of the molecule is C[C@@H](OC(=O)c1ccc2c(c1)C(=O)N(c1ccc(F)cc1)C2=O)c1ccccc1. The number of anilines is 1. The third-order valence-electron chi connectivity index (χ3n) is 4.76. The van der Waals surface area contributed by atoms with Gasteiger partial charge in [-0.15, -0.1) is 0 Å². The monoisotopic (exact) mass is 389 g/mol. The highest BCUT2D eigenvalue weighted by atomic mass is 19.1. The van der Waals surface area contributed by atoms with E-state index in [1.807, 2.05) is 30.3 Å². The molecule has 3 aromatic carbocycles. The number of halogens is 1. The van der Waals surface area contributed by atoms with E-state index in [2.05, 4.69) is 0 Å². The number of ether oxygens (including phenoxy) is 1. The number of nitrogens with zero attached hydrogens (tertiary/aromatic N) is 1. The minimum atomic E-state index is -0.593. The average molecular weight is 389 g/mol. The van der Waals surface area contributed by atoms with Gasteiger partial charge < -0.3 is 4.74 Å². The Bertz CT molecular complexity index is 1110. The highest BCUT2D eigenvalue weighted by Gasteiger charge is 2.37. The minimum Gasteiger partial charge on any atom is -0.454 e. The fourth-order valence-electron chi connectivity index (χ4n) is 3.21. The summed E-state index contributed by atoms with van der Waals surface area (Å²) in [6.45, 7) is 1.76. The maximum atomic E-state index is 13.2. The molecule has 0 N–H and O–H groups in total. The van der Waals surface area contributed by atoms with Gasteiger partial charge in [-0.05, 0) is 55.0 Å². The topological polar surface area (TPSA) is 63.7 Å². The molecule has 0 aromatic heterocycles. The van der Waals surface area contributed by atoms with Gasteiger partial charge in [0.1, 0.15) is 11.9 Å². The Labute approximate surface area is 166 Å². The van der Waals surface area contributed by atoms with Gasteiger partial charge in [0, 0.05) is 0 Å². The molecular formula is C23H16FNO4. The second-order valence-electron chi connectivity index (χ2n) is 6.64. The van der Waals surface area contributed by atoms with Gasteiger partial charge in [-0.3, -0.25) is 9.59 Å². The van der Waals surface area contributed by atoms with E-state index in [4.69, 9.17) is 4.74 Å². The lowest BCUT2D eigenvalue weighted by molar-refractivity contribution is 0.0337. The zero-order chi connectivity index (χ0) is 20.5. The molecule has 0 saturated heterocycles. The first-order valence-electron chi connectivity index (χ1n) is 9.00. The van der Waals surface area contributed by atoms with Crippen molar-refractivity contribution in [2.24, 2.45) is 0 Å². The molecule has 2 amide bonds. The summed E-state index contributed by atoms with van der Waals surface area (Å²) >= 11 is 0. The molecule has 0 fully saturated rings. The third kappa shape index (κ3) is 3.40. The van der Waals surface area contributed by atoms with Crippen LogP contribution >= 0.6 is 0 Å². The standard InChI is InChI=1S/C23H16FNO4/c1-14(15-5-3-2-4-6-15)29-23(28)16-7-12-19-20(13-16)22(27)25(21(19)26)18-10-8-17(24)9-11-18/h2-14H,1H3/t14-/m1/s1.